The molecular formula is C13H17NO2. The maximum absolute atomic E-state index is 11.5. The molecule has 16 heavy (non-hydrogen) atoms. The molecule has 0 aromatic rings. The molecule has 3 heteroatoms. The Kier molecular flexibility index (Phi) is 4.23. The van der Waals surface area contributed by atoms with Gasteiger partial charge in [0.05, 0.1) is 5.92 Å². The van der Waals surface area contributed by atoms with Crippen LogP contribution < -0.4 is 5.32 Å². The van der Waals surface area contributed by atoms with Gasteiger partial charge in [0.25, 0.3) is 0 Å². The fraction of sp³-hybridized carbons (Fsp3) is 0.385. The van der Waals surface area contributed by atoms with E-state index in [0.29, 0.717) is 12.8 Å². The van der Waals surface area contributed by atoms with Crippen LogP contribution in [0.2, 0.25) is 0 Å². The number of imide groups is 1. The van der Waals surface area contributed by atoms with Gasteiger partial charge in [-0.2, -0.15) is 0 Å². The molecule has 1 fully saturated rings. The summed E-state index contributed by atoms with van der Waals surface area (Å²) in [7, 11) is 0. The predicted molar refractivity (Wildman–Crippen MR) is 63.6 cm³/mol. The van der Waals surface area contributed by atoms with Crippen molar-refractivity contribution in [2.75, 3.05) is 0 Å². The average Bonchev–Trinajstić information content (AvgIpc) is 2.25. The minimum atomic E-state index is -0.265. The monoisotopic (exact) mass is 219 g/mol. The standard InChI is InChI=1S/C13H17NO2/c1-4-9(2)5-6-10(3)11-7-8-12(15)14-13(11)16/h4-6,11H,3,7-8H2,1-2H3,(H,14,15,16)/b6-5-,9-4-. The van der Waals surface area contributed by atoms with E-state index in [2.05, 4.69) is 11.9 Å². The molecule has 1 aliphatic rings. The number of rotatable bonds is 3. The Balaban J connectivity index is 2.64. The van der Waals surface area contributed by atoms with E-state index < -0.39 is 0 Å². The number of hydrogen-bond donors (Lipinski definition) is 1. The summed E-state index contributed by atoms with van der Waals surface area (Å²) in [5.41, 5.74) is 1.87. The molecule has 0 saturated carbocycles. The zero-order chi connectivity index (χ0) is 12.1. The van der Waals surface area contributed by atoms with Gasteiger partial charge in [0.2, 0.25) is 11.8 Å². The van der Waals surface area contributed by atoms with Gasteiger partial charge in [0, 0.05) is 6.42 Å². The SMILES string of the molecule is C=C(/C=C\C(C)=C/C)C1CCC(=O)NC1=O. The van der Waals surface area contributed by atoms with Gasteiger partial charge < -0.3 is 0 Å². The third-order valence-corrected chi connectivity index (χ3v) is 2.70. The smallest absolute Gasteiger partial charge is 0.234 e. The van der Waals surface area contributed by atoms with Crippen molar-refractivity contribution in [3.05, 3.63) is 36.0 Å². The fourth-order valence-electron chi connectivity index (χ4n) is 1.50. The third-order valence-electron chi connectivity index (χ3n) is 2.70. The maximum atomic E-state index is 11.5. The van der Waals surface area contributed by atoms with Gasteiger partial charge in [-0.15, -0.1) is 0 Å². The normalized spacial score (nSPS) is 22.4. The Bertz CT molecular complexity index is 377. The molecule has 1 N–H and O–H groups in total. The minimum Gasteiger partial charge on any atom is -0.296 e. The van der Waals surface area contributed by atoms with E-state index in [1.807, 2.05) is 32.1 Å². The molecule has 0 aromatic carbocycles. The lowest BCUT2D eigenvalue weighted by molar-refractivity contribution is -0.135. The maximum Gasteiger partial charge on any atom is 0.234 e. The number of carbonyl (C=O) groups excluding carboxylic acids is 2. The number of piperidine rings is 1. The van der Waals surface area contributed by atoms with E-state index in [1.165, 1.54) is 0 Å². The summed E-state index contributed by atoms with van der Waals surface area (Å²) in [5.74, 6) is -0.690. The lowest BCUT2D eigenvalue weighted by Crippen LogP contribution is -2.41. The van der Waals surface area contributed by atoms with Crippen molar-refractivity contribution in [1.29, 1.82) is 0 Å². The largest absolute Gasteiger partial charge is 0.296 e. The van der Waals surface area contributed by atoms with Gasteiger partial charge >= 0.3 is 0 Å². The molecule has 0 aromatic heterocycles. The van der Waals surface area contributed by atoms with Crippen molar-refractivity contribution in [3.8, 4) is 0 Å². The van der Waals surface area contributed by atoms with Crippen molar-refractivity contribution in [2.45, 2.75) is 26.7 Å². The van der Waals surface area contributed by atoms with Crippen LogP contribution in [0.4, 0.5) is 0 Å². The summed E-state index contributed by atoms with van der Waals surface area (Å²) < 4.78 is 0. The number of nitrogens with one attached hydrogen (secondary N) is 1. The highest BCUT2D eigenvalue weighted by Crippen LogP contribution is 2.21. The summed E-state index contributed by atoms with van der Waals surface area (Å²) >= 11 is 0. The van der Waals surface area contributed by atoms with Gasteiger partial charge in [0.1, 0.15) is 0 Å². The van der Waals surface area contributed by atoms with Crippen LogP contribution in [0.15, 0.2) is 36.0 Å². The highest BCUT2D eigenvalue weighted by molar-refractivity contribution is 6.00. The van der Waals surface area contributed by atoms with E-state index in [9.17, 15) is 9.59 Å². The number of amides is 2. The highest BCUT2D eigenvalue weighted by Gasteiger charge is 2.27. The van der Waals surface area contributed by atoms with Crippen LogP contribution in [-0.4, -0.2) is 11.8 Å². The van der Waals surface area contributed by atoms with Gasteiger partial charge in [-0.25, -0.2) is 0 Å². The Hall–Kier alpha value is -1.64. The number of hydrogen-bond acceptors (Lipinski definition) is 2. The average molecular weight is 219 g/mol. The van der Waals surface area contributed by atoms with Crippen molar-refractivity contribution in [2.24, 2.45) is 5.92 Å². The number of carbonyl (C=O) groups is 2. The van der Waals surface area contributed by atoms with Crippen molar-refractivity contribution < 1.29 is 9.59 Å². The van der Waals surface area contributed by atoms with E-state index in [0.717, 1.165) is 11.1 Å². The Morgan fingerprint density at radius 1 is 1.44 bits per heavy atom. The zero-order valence-corrected chi connectivity index (χ0v) is 9.75. The molecular weight excluding hydrogens is 202 g/mol. The lowest BCUT2D eigenvalue weighted by Gasteiger charge is -2.20. The van der Waals surface area contributed by atoms with Gasteiger partial charge in [-0.3, -0.25) is 14.9 Å². The highest BCUT2D eigenvalue weighted by atomic mass is 16.2. The lowest BCUT2D eigenvalue weighted by atomic mass is 9.90. The molecule has 1 aliphatic heterocycles. The summed E-state index contributed by atoms with van der Waals surface area (Å²) in [6.07, 6.45) is 6.70. The van der Waals surface area contributed by atoms with E-state index in [-0.39, 0.29) is 17.7 Å². The first kappa shape index (κ1) is 12.4. The van der Waals surface area contributed by atoms with Crippen LogP contribution >= 0.6 is 0 Å². The molecule has 0 spiro atoms. The molecule has 86 valence electrons. The second-order valence-corrected chi connectivity index (χ2v) is 3.94. The molecule has 1 rings (SSSR count). The fourth-order valence-corrected chi connectivity index (χ4v) is 1.50. The second-order valence-electron chi connectivity index (χ2n) is 3.94. The van der Waals surface area contributed by atoms with Crippen LogP contribution in [0.5, 0.6) is 0 Å². The molecule has 1 heterocycles. The topological polar surface area (TPSA) is 46.2 Å². The third kappa shape index (κ3) is 3.19. The Morgan fingerprint density at radius 3 is 2.69 bits per heavy atom. The van der Waals surface area contributed by atoms with Crippen LogP contribution in [0, 0.1) is 5.92 Å². The molecule has 2 amide bonds. The van der Waals surface area contributed by atoms with Crippen LogP contribution in [0.25, 0.3) is 0 Å². The van der Waals surface area contributed by atoms with E-state index in [1.54, 1.807) is 0 Å². The van der Waals surface area contributed by atoms with Crippen LogP contribution in [-0.2, 0) is 9.59 Å². The van der Waals surface area contributed by atoms with Crippen LogP contribution in [0.1, 0.15) is 26.7 Å². The first-order valence-corrected chi connectivity index (χ1v) is 5.38. The van der Waals surface area contributed by atoms with E-state index in [4.69, 9.17) is 0 Å². The summed E-state index contributed by atoms with van der Waals surface area (Å²) in [6, 6.07) is 0. The second kappa shape index (κ2) is 5.45. The molecule has 3 nitrogen and oxygen atoms in total. The van der Waals surface area contributed by atoms with Crippen molar-refractivity contribution in [3.63, 3.8) is 0 Å². The Morgan fingerprint density at radius 2 is 2.12 bits per heavy atom. The first-order chi connectivity index (χ1) is 7.54. The summed E-state index contributed by atoms with van der Waals surface area (Å²) in [6.45, 7) is 7.81. The predicted octanol–water partition coefficient (Wildman–Crippen LogP) is 2.12. The quantitative estimate of drug-likeness (QED) is 0.583. The molecule has 1 atom stereocenters. The first-order valence-electron chi connectivity index (χ1n) is 5.38. The molecule has 1 saturated heterocycles. The Labute approximate surface area is 95.9 Å². The molecule has 0 radical (unpaired) electrons. The minimum absolute atomic E-state index is 0.192. The summed E-state index contributed by atoms with van der Waals surface area (Å²) in [4.78, 5) is 22.5. The van der Waals surface area contributed by atoms with Gasteiger partial charge in [-0.1, -0.05) is 30.4 Å². The number of allylic oxidation sites excluding steroid dienone is 4. The van der Waals surface area contributed by atoms with Gasteiger partial charge in [-0.05, 0) is 25.8 Å². The van der Waals surface area contributed by atoms with E-state index >= 15 is 0 Å². The van der Waals surface area contributed by atoms with Crippen molar-refractivity contribution in [1.82, 2.24) is 5.32 Å². The van der Waals surface area contributed by atoms with Crippen molar-refractivity contribution >= 4 is 11.8 Å². The zero-order valence-electron chi connectivity index (χ0n) is 9.75. The van der Waals surface area contributed by atoms with Crippen LogP contribution in [0.3, 0.4) is 0 Å². The molecule has 0 aliphatic carbocycles. The molecule has 1 unspecified atom stereocenters. The van der Waals surface area contributed by atoms with Gasteiger partial charge in [0.15, 0.2) is 0 Å². The summed E-state index contributed by atoms with van der Waals surface area (Å²) in [5, 5.41) is 2.32. The molecule has 0 bridgehead atoms.